The van der Waals surface area contributed by atoms with Crippen molar-refractivity contribution in [1.82, 2.24) is 10.2 Å². The highest BCUT2D eigenvalue weighted by molar-refractivity contribution is 4.89. The molecule has 3 atom stereocenters. The Morgan fingerprint density at radius 3 is 2.67 bits per heavy atom. The number of hydrogen-bond acceptors (Lipinski definition) is 2. The molecule has 3 rings (SSSR count). The second-order valence-electron chi connectivity index (χ2n) is 6.85. The van der Waals surface area contributed by atoms with E-state index in [9.17, 15) is 0 Å². The summed E-state index contributed by atoms with van der Waals surface area (Å²) in [7, 11) is 0. The molecule has 0 radical (unpaired) electrons. The van der Waals surface area contributed by atoms with E-state index in [4.69, 9.17) is 0 Å². The predicted octanol–water partition coefficient (Wildman–Crippen LogP) is 3.03. The molecule has 1 aliphatic heterocycles. The van der Waals surface area contributed by atoms with Crippen LogP contribution in [0.2, 0.25) is 0 Å². The van der Waals surface area contributed by atoms with Crippen molar-refractivity contribution in [2.75, 3.05) is 19.6 Å². The fourth-order valence-corrected chi connectivity index (χ4v) is 4.10. The van der Waals surface area contributed by atoms with Gasteiger partial charge in [-0.25, -0.2) is 0 Å². The largest absolute Gasteiger partial charge is 0.314 e. The Morgan fingerprint density at radius 1 is 1.06 bits per heavy atom. The molecule has 1 N–H and O–H groups in total. The maximum absolute atomic E-state index is 3.72. The molecule has 18 heavy (non-hydrogen) atoms. The van der Waals surface area contributed by atoms with Gasteiger partial charge in [-0.15, -0.1) is 0 Å². The van der Waals surface area contributed by atoms with Crippen LogP contribution in [-0.4, -0.2) is 36.6 Å². The van der Waals surface area contributed by atoms with Crippen molar-refractivity contribution in [2.24, 2.45) is 11.8 Å². The summed E-state index contributed by atoms with van der Waals surface area (Å²) >= 11 is 0. The Labute approximate surface area is 113 Å². The lowest BCUT2D eigenvalue weighted by Gasteiger charge is -2.37. The smallest absolute Gasteiger partial charge is 0.0123 e. The highest BCUT2D eigenvalue weighted by Crippen LogP contribution is 2.33. The molecule has 2 nitrogen and oxygen atoms in total. The van der Waals surface area contributed by atoms with E-state index in [1.807, 2.05) is 0 Å². The lowest BCUT2D eigenvalue weighted by molar-refractivity contribution is 0.121. The monoisotopic (exact) mass is 250 g/mol. The van der Waals surface area contributed by atoms with E-state index in [1.165, 1.54) is 71.0 Å². The number of nitrogens with one attached hydrogen (secondary N) is 1. The van der Waals surface area contributed by atoms with E-state index in [1.54, 1.807) is 0 Å². The zero-order chi connectivity index (χ0) is 12.4. The van der Waals surface area contributed by atoms with E-state index in [-0.39, 0.29) is 0 Å². The third-order valence-corrected chi connectivity index (χ3v) is 5.45. The van der Waals surface area contributed by atoms with Gasteiger partial charge in [0.05, 0.1) is 0 Å². The number of likely N-dealkylation sites (tertiary alicyclic amines) is 1. The van der Waals surface area contributed by atoms with Crippen LogP contribution in [0, 0.1) is 11.8 Å². The van der Waals surface area contributed by atoms with E-state index < -0.39 is 0 Å². The quantitative estimate of drug-likeness (QED) is 0.807. The van der Waals surface area contributed by atoms with Gasteiger partial charge in [0.15, 0.2) is 0 Å². The molecule has 3 aliphatic rings. The summed E-state index contributed by atoms with van der Waals surface area (Å²) < 4.78 is 0. The van der Waals surface area contributed by atoms with Crippen molar-refractivity contribution < 1.29 is 0 Å². The Hall–Kier alpha value is -0.0800. The molecule has 104 valence electrons. The Morgan fingerprint density at radius 2 is 1.89 bits per heavy atom. The van der Waals surface area contributed by atoms with Gasteiger partial charge in [0.2, 0.25) is 0 Å². The molecular weight excluding hydrogens is 220 g/mol. The summed E-state index contributed by atoms with van der Waals surface area (Å²) in [5.74, 6) is 1.93. The molecule has 0 aromatic carbocycles. The Kier molecular flexibility index (Phi) is 4.25. The van der Waals surface area contributed by atoms with Gasteiger partial charge in [-0.3, -0.25) is 4.90 Å². The summed E-state index contributed by atoms with van der Waals surface area (Å²) in [6, 6.07) is 1.81. The molecule has 2 heteroatoms. The molecule has 3 unspecified atom stereocenters. The van der Waals surface area contributed by atoms with Crippen LogP contribution >= 0.6 is 0 Å². The second kappa shape index (κ2) is 5.92. The molecule has 0 amide bonds. The molecule has 2 saturated carbocycles. The average molecular weight is 250 g/mol. The van der Waals surface area contributed by atoms with Gasteiger partial charge in [0, 0.05) is 18.6 Å². The minimum atomic E-state index is 0.886. The molecule has 0 aromatic rings. The number of rotatable bonds is 5. The van der Waals surface area contributed by atoms with Crippen LogP contribution in [0.15, 0.2) is 0 Å². The standard InChI is InChI=1S/C16H30N2/c1-2-14-5-3-4-6-16(14)18-10-9-13(12-18)11-17-15-7-8-15/h13-17H,2-12H2,1H3. The SMILES string of the molecule is CCC1CCCCC1N1CCC(CNC2CC2)C1. The van der Waals surface area contributed by atoms with E-state index in [2.05, 4.69) is 17.1 Å². The summed E-state index contributed by atoms with van der Waals surface area (Å²) in [6.07, 6.45) is 11.6. The van der Waals surface area contributed by atoms with Crippen molar-refractivity contribution in [1.29, 1.82) is 0 Å². The first-order chi connectivity index (χ1) is 8.86. The molecular formula is C16H30N2. The normalized spacial score (nSPS) is 38.2. The molecule has 1 saturated heterocycles. The number of hydrogen-bond donors (Lipinski definition) is 1. The lowest BCUT2D eigenvalue weighted by Crippen LogP contribution is -2.41. The van der Waals surface area contributed by atoms with Crippen molar-refractivity contribution >= 4 is 0 Å². The number of nitrogens with zero attached hydrogens (tertiary/aromatic N) is 1. The highest BCUT2D eigenvalue weighted by atomic mass is 15.2. The molecule has 2 aliphatic carbocycles. The van der Waals surface area contributed by atoms with Crippen molar-refractivity contribution in [3.05, 3.63) is 0 Å². The van der Waals surface area contributed by atoms with Crippen molar-refractivity contribution in [3.63, 3.8) is 0 Å². The van der Waals surface area contributed by atoms with Gasteiger partial charge in [-0.2, -0.15) is 0 Å². The van der Waals surface area contributed by atoms with Gasteiger partial charge in [-0.05, 0) is 57.0 Å². The highest BCUT2D eigenvalue weighted by Gasteiger charge is 2.34. The molecule has 0 spiro atoms. The Balaban J connectivity index is 1.47. The third-order valence-electron chi connectivity index (χ3n) is 5.45. The third kappa shape index (κ3) is 3.08. The maximum atomic E-state index is 3.72. The predicted molar refractivity (Wildman–Crippen MR) is 76.7 cm³/mol. The second-order valence-corrected chi connectivity index (χ2v) is 6.85. The van der Waals surface area contributed by atoms with E-state index in [0.29, 0.717) is 0 Å². The summed E-state index contributed by atoms with van der Waals surface area (Å²) in [5, 5.41) is 3.72. The van der Waals surface area contributed by atoms with E-state index in [0.717, 1.165) is 23.9 Å². The molecule has 0 aromatic heterocycles. The van der Waals surface area contributed by atoms with Crippen LogP contribution in [0.5, 0.6) is 0 Å². The van der Waals surface area contributed by atoms with Crippen LogP contribution in [0.1, 0.15) is 58.3 Å². The minimum Gasteiger partial charge on any atom is -0.314 e. The molecule has 1 heterocycles. The van der Waals surface area contributed by atoms with Gasteiger partial charge >= 0.3 is 0 Å². The van der Waals surface area contributed by atoms with Gasteiger partial charge in [0.25, 0.3) is 0 Å². The first-order valence-electron chi connectivity index (χ1n) is 8.34. The fourth-order valence-electron chi connectivity index (χ4n) is 4.10. The minimum absolute atomic E-state index is 0.886. The van der Waals surface area contributed by atoms with Crippen molar-refractivity contribution in [2.45, 2.75) is 70.4 Å². The van der Waals surface area contributed by atoms with Crippen molar-refractivity contribution in [3.8, 4) is 0 Å². The summed E-state index contributed by atoms with van der Waals surface area (Å²) in [5.41, 5.74) is 0. The first kappa shape index (κ1) is 12.9. The molecule has 3 fully saturated rings. The topological polar surface area (TPSA) is 15.3 Å². The van der Waals surface area contributed by atoms with Gasteiger partial charge in [-0.1, -0.05) is 26.2 Å². The average Bonchev–Trinajstić information content (AvgIpc) is 3.13. The summed E-state index contributed by atoms with van der Waals surface area (Å²) in [4.78, 5) is 2.84. The zero-order valence-corrected chi connectivity index (χ0v) is 12.0. The Bertz CT molecular complexity index is 262. The van der Waals surface area contributed by atoms with Crippen LogP contribution in [-0.2, 0) is 0 Å². The van der Waals surface area contributed by atoms with Crippen LogP contribution in [0.4, 0.5) is 0 Å². The van der Waals surface area contributed by atoms with Gasteiger partial charge < -0.3 is 5.32 Å². The van der Waals surface area contributed by atoms with Gasteiger partial charge in [0.1, 0.15) is 0 Å². The molecule has 0 bridgehead atoms. The fraction of sp³-hybridized carbons (Fsp3) is 1.00. The van der Waals surface area contributed by atoms with Crippen LogP contribution < -0.4 is 5.32 Å². The lowest BCUT2D eigenvalue weighted by atomic mass is 9.82. The van der Waals surface area contributed by atoms with Crippen LogP contribution in [0.3, 0.4) is 0 Å². The summed E-state index contributed by atoms with van der Waals surface area (Å²) in [6.45, 7) is 6.43. The van der Waals surface area contributed by atoms with E-state index >= 15 is 0 Å². The van der Waals surface area contributed by atoms with Crippen LogP contribution in [0.25, 0.3) is 0 Å². The first-order valence-corrected chi connectivity index (χ1v) is 8.34. The maximum Gasteiger partial charge on any atom is 0.0123 e. The zero-order valence-electron chi connectivity index (χ0n) is 12.0.